The minimum Gasteiger partial charge on any atom is -0.355 e. The van der Waals surface area contributed by atoms with Gasteiger partial charge in [0, 0.05) is 38.8 Å². The van der Waals surface area contributed by atoms with Gasteiger partial charge in [0.05, 0.1) is 0 Å². The monoisotopic (exact) mass is 459 g/mol. The molecule has 7 heteroatoms. The molecule has 1 saturated heterocycles. The number of guanidine groups is 1. The number of carbonyl (C=O) groups is 1. The van der Waals surface area contributed by atoms with Gasteiger partial charge in [-0.25, -0.2) is 0 Å². The van der Waals surface area contributed by atoms with Crippen molar-refractivity contribution in [2.24, 2.45) is 4.99 Å². The molecule has 1 aliphatic rings. The molecule has 1 unspecified atom stereocenters. The Morgan fingerprint density at radius 2 is 2.16 bits per heavy atom. The van der Waals surface area contributed by atoms with Crippen LogP contribution in [0.5, 0.6) is 0 Å². The van der Waals surface area contributed by atoms with Gasteiger partial charge in [-0.05, 0) is 43.6 Å². The van der Waals surface area contributed by atoms with Gasteiger partial charge in [-0.2, -0.15) is 0 Å². The van der Waals surface area contributed by atoms with Crippen molar-refractivity contribution < 1.29 is 4.79 Å². The molecule has 6 nitrogen and oxygen atoms in total. The Labute approximate surface area is 167 Å². The summed E-state index contributed by atoms with van der Waals surface area (Å²) < 4.78 is 0. The first-order valence-corrected chi connectivity index (χ1v) is 8.67. The summed E-state index contributed by atoms with van der Waals surface area (Å²) in [6.45, 7) is 7.61. The molecule has 1 atom stereocenters. The summed E-state index contributed by atoms with van der Waals surface area (Å²) in [5.74, 6) is 0.748. The van der Waals surface area contributed by atoms with Gasteiger partial charge in [-0.15, -0.1) is 24.0 Å². The predicted molar refractivity (Wildman–Crippen MR) is 115 cm³/mol. The van der Waals surface area contributed by atoms with Crippen LogP contribution in [0.2, 0.25) is 0 Å². The number of amides is 1. The second kappa shape index (κ2) is 11.3. The second-order valence-electron chi connectivity index (χ2n) is 6.11. The first kappa shape index (κ1) is 21.7. The summed E-state index contributed by atoms with van der Waals surface area (Å²) in [5.41, 5.74) is 1.91. The van der Waals surface area contributed by atoms with E-state index in [-0.39, 0.29) is 29.9 Å². The van der Waals surface area contributed by atoms with E-state index in [1.807, 2.05) is 24.3 Å². The number of halogens is 1. The molecular formula is C18H30IN5O. The number of aliphatic imine (C=N–C) groups is 1. The highest BCUT2D eigenvalue weighted by Crippen LogP contribution is 2.15. The molecule has 140 valence electrons. The van der Waals surface area contributed by atoms with Crippen LogP contribution in [0.4, 0.5) is 5.69 Å². The Hall–Kier alpha value is -1.35. The van der Waals surface area contributed by atoms with Crippen LogP contribution < -0.4 is 16.0 Å². The van der Waals surface area contributed by atoms with Gasteiger partial charge in [0.2, 0.25) is 5.91 Å². The largest absolute Gasteiger partial charge is 0.355 e. The van der Waals surface area contributed by atoms with Gasteiger partial charge in [0.25, 0.3) is 0 Å². The summed E-state index contributed by atoms with van der Waals surface area (Å²) in [6, 6.07) is 8.42. The number of likely N-dealkylation sites (tertiary alicyclic amines) is 1. The lowest BCUT2D eigenvalue weighted by atomic mass is 10.2. The number of hydrogen-bond acceptors (Lipinski definition) is 3. The van der Waals surface area contributed by atoms with Crippen LogP contribution in [0, 0.1) is 0 Å². The standard InChI is InChI=1S/C18H29N5O.HI/c1-4-23-10-6-9-17(23)13-21-18(19-3)20-12-15-7-5-8-16(11-15)22-14(2)24;/h5,7-8,11,17H,4,6,9-10,12-13H2,1-3H3,(H,22,24)(H2,19,20,21);1H. The van der Waals surface area contributed by atoms with Gasteiger partial charge in [-0.3, -0.25) is 14.7 Å². The fourth-order valence-corrected chi connectivity index (χ4v) is 3.13. The van der Waals surface area contributed by atoms with Crippen LogP contribution in [0.3, 0.4) is 0 Å². The first-order chi connectivity index (χ1) is 11.6. The van der Waals surface area contributed by atoms with Gasteiger partial charge in [0.1, 0.15) is 0 Å². The fourth-order valence-electron chi connectivity index (χ4n) is 3.13. The summed E-state index contributed by atoms with van der Waals surface area (Å²) in [6.07, 6.45) is 2.53. The quantitative estimate of drug-likeness (QED) is 0.347. The number of likely N-dealkylation sites (N-methyl/N-ethyl adjacent to an activating group) is 1. The molecule has 0 bridgehead atoms. The van der Waals surface area contributed by atoms with Crippen LogP contribution in [0.1, 0.15) is 32.3 Å². The molecule has 0 aliphatic carbocycles. The Bertz CT molecular complexity index is 578. The number of nitrogens with zero attached hydrogens (tertiary/aromatic N) is 2. The SMILES string of the molecule is CCN1CCCC1CNC(=NC)NCc1cccc(NC(C)=O)c1.I. The van der Waals surface area contributed by atoms with Crippen LogP contribution >= 0.6 is 24.0 Å². The zero-order valence-corrected chi connectivity index (χ0v) is 17.7. The molecule has 1 fully saturated rings. The summed E-state index contributed by atoms with van der Waals surface area (Å²) in [7, 11) is 1.79. The third-order valence-corrected chi connectivity index (χ3v) is 4.34. The Morgan fingerprint density at radius 3 is 2.84 bits per heavy atom. The molecule has 1 aromatic carbocycles. The molecule has 3 N–H and O–H groups in total. The Morgan fingerprint density at radius 1 is 1.36 bits per heavy atom. The molecule has 0 saturated carbocycles. The van der Waals surface area contributed by atoms with Crippen molar-refractivity contribution in [3.05, 3.63) is 29.8 Å². The van der Waals surface area contributed by atoms with E-state index in [4.69, 9.17) is 0 Å². The van der Waals surface area contributed by atoms with Gasteiger partial charge in [0.15, 0.2) is 5.96 Å². The lowest BCUT2D eigenvalue weighted by Gasteiger charge is -2.24. The lowest BCUT2D eigenvalue weighted by Crippen LogP contribution is -2.44. The van der Waals surface area contributed by atoms with Crippen LogP contribution in [-0.2, 0) is 11.3 Å². The van der Waals surface area contributed by atoms with E-state index in [0.29, 0.717) is 12.6 Å². The molecule has 25 heavy (non-hydrogen) atoms. The maximum atomic E-state index is 11.1. The van der Waals surface area contributed by atoms with Crippen LogP contribution in [-0.4, -0.2) is 49.5 Å². The van der Waals surface area contributed by atoms with E-state index in [1.165, 1.54) is 26.3 Å². The van der Waals surface area contributed by atoms with E-state index >= 15 is 0 Å². The second-order valence-corrected chi connectivity index (χ2v) is 6.11. The molecular weight excluding hydrogens is 429 g/mol. The van der Waals surface area contributed by atoms with Gasteiger partial charge < -0.3 is 16.0 Å². The molecule has 1 aliphatic heterocycles. The van der Waals surface area contributed by atoms with Gasteiger partial charge in [-0.1, -0.05) is 19.1 Å². The maximum absolute atomic E-state index is 11.1. The molecule has 1 aromatic rings. The van der Waals surface area contributed by atoms with E-state index < -0.39 is 0 Å². The Balaban J connectivity index is 0.00000312. The lowest BCUT2D eigenvalue weighted by molar-refractivity contribution is -0.114. The van der Waals surface area contributed by atoms with Crippen molar-refractivity contribution in [2.75, 3.05) is 32.0 Å². The summed E-state index contributed by atoms with van der Waals surface area (Å²) >= 11 is 0. The van der Waals surface area contributed by atoms with Crippen molar-refractivity contribution in [1.82, 2.24) is 15.5 Å². The number of hydrogen-bond donors (Lipinski definition) is 3. The molecule has 1 amide bonds. The molecule has 1 heterocycles. The third kappa shape index (κ3) is 7.19. The summed E-state index contributed by atoms with van der Waals surface area (Å²) in [5, 5.41) is 9.55. The van der Waals surface area contributed by atoms with Crippen molar-refractivity contribution in [2.45, 2.75) is 39.3 Å². The average Bonchev–Trinajstić information content (AvgIpc) is 3.02. The average molecular weight is 459 g/mol. The topological polar surface area (TPSA) is 68.8 Å². The predicted octanol–water partition coefficient (Wildman–Crippen LogP) is 2.41. The minimum atomic E-state index is -0.0605. The molecule has 2 rings (SSSR count). The number of benzene rings is 1. The van der Waals surface area contributed by atoms with Crippen LogP contribution in [0.15, 0.2) is 29.3 Å². The Kier molecular flexibility index (Phi) is 9.81. The zero-order chi connectivity index (χ0) is 17.4. The van der Waals surface area contributed by atoms with Crippen molar-refractivity contribution in [1.29, 1.82) is 0 Å². The number of anilines is 1. The van der Waals surface area contributed by atoms with E-state index in [2.05, 4.69) is 32.8 Å². The van der Waals surface area contributed by atoms with E-state index in [1.54, 1.807) is 7.05 Å². The highest BCUT2D eigenvalue weighted by atomic mass is 127. The molecule has 0 spiro atoms. The maximum Gasteiger partial charge on any atom is 0.221 e. The fraction of sp³-hybridized carbons (Fsp3) is 0.556. The number of rotatable bonds is 6. The highest BCUT2D eigenvalue weighted by molar-refractivity contribution is 14.0. The van der Waals surface area contributed by atoms with Crippen molar-refractivity contribution in [3.8, 4) is 0 Å². The number of nitrogens with one attached hydrogen (secondary N) is 3. The first-order valence-electron chi connectivity index (χ1n) is 8.67. The van der Waals surface area contributed by atoms with E-state index in [9.17, 15) is 4.79 Å². The highest BCUT2D eigenvalue weighted by Gasteiger charge is 2.22. The molecule has 0 aromatic heterocycles. The third-order valence-electron chi connectivity index (χ3n) is 4.34. The van der Waals surface area contributed by atoms with E-state index in [0.717, 1.165) is 30.3 Å². The number of carbonyl (C=O) groups excluding carboxylic acids is 1. The minimum absolute atomic E-state index is 0. The normalized spacial score (nSPS) is 17.7. The van der Waals surface area contributed by atoms with Crippen molar-refractivity contribution in [3.63, 3.8) is 0 Å². The van der Waals surface area contributed by atoms with Crippen LogP contribution in [0.25, 0.3) is 0 Å². The zero-order valence-electron chi connectivity index (χ0n) is 15.3. The summed E-state index contributed by atoms with van der Waals surface area (Å²) in [4.78, 5) is 17.9. The van der Waals surface area contributed by atoms with Gasteiger partial charge >= 0.3 is 0 Å². The smallest absolute Gasteiger partial charge is 0.221 e. The van der Waals surface area contributed by atoms with Crippen molar-refractivity contribution >= 4 is 41.5 Å². The molecule has 0 radical (unpaired) electrons.